The van der Waals surface area contributed by atoms with Crippen LogP contribution in [-0.4, -0.2) is 8.07 Å². The number of halogens is 1. The number of benzene rings is 3. The lowest BCUT2D eigenvalue weighted by Crippen LogP contribution is -2.40. The van der Waals surface area contributed by atoms with Gasteiger partial charge in [-0.05, 0) is 54.6 Å². The Morgan fingerprint density at radius 3 is 2.17 bits per heavy atom. The number of aryl methyl sites for hydroxylation is 2. The summed E-state index contributed by atoms with van der Waals surface area (Å²) in [5.41, 5.74) is 6.84. The molecule has 0 atom stereocenters. The van der Waals surface area contributed by atoms with Crippen molar-refractivity contribution in [3.05, 3.63) is 70.6 Å². The first kappa shape index (κ1) is 19.4. The Labute approximate surface area is 181 Å². The Balaban J connectivity index is 2.21. The first-order valence-electron chi connectivity index (χ1n) is 11.1. The van der Waals surface area contributed by atoms with E-state index in [0.717, 1.165) is 32.7 Å². The van der Waals surface area contributed by atoms with Crippen LogP contribution < -0.4 is 9.75 Å². The van der Waals surface area contributed by atoms with Crippen LogP contribution in [0, 0.1) is 33.5 Å². The predicted octanol–water partition coefficient (Wildman–Crippen LogP) is 6.40. The van der Waals surface area contributed by atoms with E-state index in [0.29, 0.717) is 11.4 Å². The molecular weight excluding hydrogens is 385 g/mol. The summed E-state index contributed by atoms with van der Waals surface area (Å²) in [5, 5.41) is 4.13. The van der Waals surface area contributed by atoms with Crippen molar-refractivity contribution >= 4 is 34.8 Å². The second kappa shape index (κ2) is 7.02. The molecule has 1 aromatic heterocycles. The quantitative estimate of drug-likeness (QED) is 0.202. The summed E-state index contributed by atoms with van der Waals surface area (Å²) in [6, 6.07) is 12.8. The summed E-state index contributed by atoms with van der Waals surface area (Å²) in [6.45, 7) is 14.9. The lowest BCUT2D eigenvalue weighted by molar-refractivity contribution is -0.665. The molecule has 0 saturated carbocycles. The number of hydrogen-bond acceptors (Lipinski definition) is 0. The smallest absolute Gasteiger partial charge is 0.206 e. The number of aromatic nitrogens is 1. The van der Waals surface area contributed by atoms with E-state index in [1.165, 1.54) is 22.3 Å². The van der Waals surface area contributed by atoms with Gasteiger partial charge in [-0.15, -0.1) is 0 Å². The van der Waals surface area contributed by atoms with Gasteiger partial charge in [0.15, 0.2) is 5.69 Å². The summed E-state index contributed by atoms with van der Waals surface area (Å²) in [5.74, 6) is -0.118. The van der Waals surface area contributed by atoms with Crippen LogP contribution in [0.1, 0.15) is 23.8 Å². The number of rotatable bonds is 2. The summed E-state index contributed by atoms with van der Waals surface area (Å²) < 4.78 is 26.6. The zero-order valence-corrected chi connectivity index (χ0v) is 20.3. The highest BCUT2D eigenvalue weighted by atomic mass is 28.3. The maximum Gasteiger partial charge on any atom is 0.220 e. The average Bonchev–Trinajstić information content (AvgIpc) is 2.68. The maximum absolute atomic E-state index is 15.6. The molecule has 0 spiro atoms. The molecule has 30 heavy (non-hydrogen) atoms. The highest BCUT2D eigenvalue weighted by molar-refractivity contribution is 6.88. The summed E-state index contributed by atoms with van der Waals surface area (Å²) in [7, 11) is 0.220. The molecule has 0 saturated heterocycles. The van der Waals surface area contributed by atoms with Crippen LogP contribution in [0.5, 0.6) is 0 Å². The molecule has 154 valence electrons. The normalized spacial score (nSPS) is 12.6. The van der Waals surface area contributed by atoms with E-state index < -0.39 is 8.07 Å². The zero-order chi connectivity index (χ0) is 22.8. The summed E-state index contributed by atoms with van der Waals surface area (Å²) in [4.78, 5) is 0. The second-order valence-corrected chi connectivity index (χ2v) is 14.7. The van der Waals surface area contributed by atoms with Crippen molar-refractivity contribution in [3.63, 3.8) is 0 Å². The van der Waals surface area contributed by atoms with Crippen LogP contribution in [-0.2, 0) is 7.05 Å². The average molecular weight is 418 g/mol. The van der Waals surface area contributed by atoms with E-state index in [1.807, 2.05) is 38.2 Å². The Kier molecular flexibility index (Phi) is 4.55. The molecule has 0 N–H and O–H groups in total. The van der Waals surface area contributed by atoms with E-state index in [1.54, 1.807) is 0 Å². The predicted molar refractivity (Wildman–Crippen MR) is 130 cm³/mol. The van der Waals surface area contributed by atoms with Crippen molar-refractivity contribution in [2.24, 2.45) is 7.05 Å². The lowest BCUT2D eigenvalue weighted by atomic mass is 9.92. The molecule has 1 nitrogen and oxygen atoms in total. The minimum absolute atomic E-state index is 0.118. The van der Waals surface area contributed by atoms with Crippen LogP contribution in [0.3, 0.4) is 0 Å². The number of pyridine rings is 1. The molecule has 3 aromatic carbocycles. The van der Waals surface area contributed by atoms with E-state index in [-0.39, 0.29) is 5.82 Å². The molecular formula is C27H31FNSi+. The van der Waals surface area contributed by atoms with E-state index >= 15 is 4.39 Å². The second-order valence-electron chi connectivity index (χ2n) is 9.63. The largest absolute Gasteiger partial charge is 0.220 e. The molecule has 0 radical (unpaired) electrons. The van der Waals surface area contributed by atoms with Gasteiger partial charge in [0.1, 0.15) is 12.9 Å². The molecule has 4 rings (SSSR count). The van der Waals surface area contributed by atoms with Crippen LogP contribution in [0.2, 0.25) is 19.6 Å². The lowest BCUT2D eigenvalue weighted by Gasteiger charge is -2.19. The first-order valence-corrected chi connectivity index (χ1v) is 14.1. The fraction of sp³-hybridized carbons (Fsp3) is 0.296. The van der Waals surface area contributed by atoms with Crippen molar-refractivity contribution in [1.82, 2.24) is 0 Å². The Morgan fingerprint density at radius 2 is 1.50 bits per heavy atom. The van der Waals surface area contributed by atoms with E-state index in [4.69, 9.17) is 1.37 Å². The van der Waals surface area contributed by atoms with Crippen molar-refractivity contribution in [2.75, 3.05) is 0 Å². The minimum Gasteiger partial charge on any atom is -0.206 e. The third-order valence-electron chi connectivity index (χ3n) is 6.41. The van der Waals surface area contributed by atoms with Gasteiger partial charge >= 0.3 is 0 Å². The monoisotopic (exact) mass is 417 g/mol. The van der Waals surface area contributed by atoms with Gasteiger partial charge < -0.3 is 0 Å². The Hall–Kier alpha value is -2.52. The Morgan fingerprint density at radius 1 is 0.867 bits per heavy atom. The van der Waals surface area contributed by atoms with Gasteiger partial charge in [-0.25, -0.2) is 4.39 Å². The molecule has 0 bridgehead atoms. The molecule has 0 fully saturated rings. The van der Waals surface area contributed by atoms with Gasteiger partial charge in [0.25, 0.3) is 0 Å². The van der Waals surface area contributed by atoms with Crippen molar-refractivity contribution < 1.29 is 10.3 Å². The van der Waals surface area contributed by atoms with Gasteiger partial charge in [0.2, 0.25) is 5.69 Å². The number of hydrogen-bond donors (Lipinski definition) is 0. The van der Waals surface area contributed by atoms with Crippen LogP contribution in [0.4, 0.5) is 4.39 Å². The third kappa shape index (κ3) is 3.16. The van der Waals surface area contributed by atoms with E-state index in [2.05, 4.69) is 57.1 Å². The highest BCUT2D eigenvalue weighted by Gasteiger charge is 2.25. The molecule has 0 amide bonds. The zero-order valence-electron chi connectivity index (χ0n) is 20.3. The van der Waals surface area contributed by atoms with Crippen molar-refractivity contribution in [1.29, 1.82) is 0 Å². The fourth-order valence-electron chi connectivity index (χ4n) is 4.50. The molecule has 4 aromatic rings. The van der Waals surface area contributed by atoms with Gasteiger partial charge in [-0.3, -0.25) is 0 Å². The molecule has 0 aliphatic rings. The summed E-state index contributed by atoms with van der Waals surface area (Å²) >= 11 is 0. The standard InChI is InChI=1S/C27H31FNSi/c1-16-13-17(2)19(4)23(14-16)27-22-10-9-21-20(24(22)15-18(3)29(27)5)11-12-25(26(21)28)30(6,7)8/h9-15H,1-8H3/q+1/i15D. The highest BCUT2D eigenvalue weighted by Crippen LogP contribution is 2.35. The molecule has 0 aliphatic heterocycles. The van der Waals surface area contributed by atoms with Gasteiger partial charge in [0.05, 0.1) is 20.4 Å². The first-order chi connectivity index (χ1) is 14.4. The van der Waals surface area contributed by atoms with Gasteiger partial charge in [-0.2, -0.15) is 4.57 Å². The SMILES string of the molecule is [2H]c1c(C)[n+](C)c(-c2cc(C)cc(C)c2C)c2ccc3c(F)c([Si](C)(C)C)ccc3c12. The maximum atomic E-state index is 15.6. The van der Waals surface area contributed by atoms with Crippen LogP contribution in [0.25, 0.3) is 32.8 Å². The molecule has 0 aliphatic carbocycles. The molecule has 3 heteroatoms. The number of fused-ring (bicyclic) bond motifs is 3. The fourth-order valence-corrected chi connectivity index (χ4v) is 5.88. The van der Waals surface area contributed by atoms with Crippen molar-refractivity contribution in [2.45, 2.75) is 47.3 Å². The van der Waals surface area contributed by atoms with Crippen LogP contribution in [0.15, 0.2) is 42.4 Å². The summed E-state index contributed by atoms with van der Waals surface area (Å²) in [6.07, 6.45) is 0. The Bertz CT molecular complexity index is 1380. The topological polar surface area (TPSA) is 3.88 Å². The minimum atomic E-state index is -1.81. The van der Waals surface area contributed by atoms with Crippen molar-refractivity contribution in [3.8, 4) is 11.3 Å². The number of nitrogens with zero attached hydrogens (tertiary/aromatic N) is 1. The van der Waals surface area contributed by atoms with Crippen LogP contribution >= 0.6 is 0 Å². The molecule has 0 unspecified atom stereocenters. The van der Waals surface area contributed by atoms with Gasteiger partial charge in [0, 0.05) is 23.7 Å². The molecule has 1 heterocycles. The van der Waals surface area contributed by atoms with Gasteiger partial charge in [-0.1, -0.05) is 49.5 Å². The van der Waals surface area contributed by atoms with E-state index in [9.17, 15) is 0 Å². The third-order valence-corrected chi connectivity index (χ3v) is 8.41.